The van der Waals surface area contributed by atoms with E-state index in [-0.39, 0.29) is 0 Å². The molecule has 0 N–H and O–H groups in total. The zero-order valence-electron chi connectivity index (χ0n) is 20.5. The van der Waals surface area contributed by atoms with Gasteiger partial charge in [0.25, 0.3) is 0 Å². The third-order valence-corrected chi connectivity index (χ3v) is 7.79. The molecule has 27 heavy (non-hydrogen) atoms. The van der Waals surface area contributed by atoms with Crippen molar-refractivity contribution < 1.29 is 13.2 Å². The van der Waals surface area contributed by atoms with E-state index >= 15 is 0 Å². The van der Waals surface area contributed by atoms with E-state index in [4.69, 9.17) is 0 Å². The van der Waals surface area contributed by atoms with Gasteiger partial charge in [0.2, 0.25) is 0 Å². The summed E-state index contributed by atoms with van der Waals surface area (Å²) in [6.45, 7) is 28.0. The van der Waals surface area contributed by atoms with Gasteiger partial charge in [-0.2, -0.15) is 13.2 Å². The molecule has 0 amide bonds. The molecule has 2 saturated carbocycles. The first-order chi connectivity index (χ1) is 11.4. The molecule has 3 heteroatoms. The van der Waals surface area contributed by atoms with Crippen LogP contribution in [0.15, 0.2) is 0 Å². The van der Waals surface area contributed by atoms with Crippen molar-refractivity contribution in [3.05, 3.63) is 0 Å². The van der Waals surface area contributed by atoms with Crippen molar-refractivity contribution in [2.24, 2.45) is 32.5 Å². The summed E-state index contributed by atoms with van der Waals surface area (Å²) in [4.78, 5) is 0. The first-order valence-electron chi connectivity index (χ1n) is 10.5. The lowest BCUT2D eigenvalue weighted by molar-refractivity contribution is -0.215. The Balaban J connectivity index is 0.000000384. The molecule has 0 unspecified atom stereocenters. The second-order valence-corrected chi connectivity index (χ2v) is 13.1. The average Bonchev–Trinajstić information content (AvgIpc) is 3.16. The lowest BCUT2D eigenvalue weighted by Gasteiger charge is -2.34. The highest BCUT2D eigenvalue weighted by Gasteiger charge is 2.68. The Bertz CT molecular complexity index is 413. The van der Waals surface area contributed by atoms with Crippen LogP contribution in [0.5, 0.6) is 0 Å². The summed E-state index contributed by atoms with van der Waals surface area (Å²) in [5, 5.41) is 0. The van der Waals surface area contributed by atoms with Gasteiger partial charge < -0.3 is 0 Å². The van der Waals surface area contributed by atoms with E-state index in [1.165, 1.54) is 12.8 Å². The molecule has 0 aromatic carbocycles. The largest absolute Gasteiger partial charge is 0.395 e. The third-order valence-electron chi connectivity index (χ3n) is 7.79. The number of hydrogen-bond acceptors (Lipinski definition) is 0. The normalized spacial score (nSPS) is 21.3. The van der Waals surface area contributed by atoms with E-state index in [0.29, 0.717) is 34.5 Å². The minimum absolute atomic E-state index is 0.306. The summed E-state index contributed by atoms with van der Waals surface area (Å²) in [6.07, 6.45) is -0.516. The predicted octanol–water partition coefficient (Wildman–Crippen LogP) is 9.29. The van der Waals surface area contributed by atoms with Gasteiger partial charge in [-0.1, -0.05) is 90.0 Å². The van der Waals surface area contributed by atoms with Crippen LogP contribution in [0.1, 0.15) is 116 Å². The number of alkyl halides is 3. The SMILES string of the molecule is CC(C)(C)C(C)(C)C.CC(C)(C)C1(C(F)(F)F)CC1.CC(C)(C)C1(C)CC1. The second-order valence-electron chi connectivity index (χ2n) is 13.1. The molecule has 2 rings (SSSR count). The van der Waals surface area contributed by atoms with Crippen molar-refractivity contribution >= 4 is 0 Å². The van der Waals surface area contributed by atoms with E-state index in [1.54, 1.807) is 20.8 Å². The molecule has 0 bridgehead atoms. The molecule has 0 heterocycles. The highest BCUT2D eigenvalue weighted by molar-refractivity contribution is 5.06. The van der Waals surface area contributed by atoms with Gasteiger partial charge in [-0.25, -0.2) is 0 Å². The maximum absolute atomic E-state index is 12.4. The topological polar surface area (TPSA) is 0 Å². The molecule has 2 fully saturated rings. The number of rotatable bonds is 0. The standard InChI is InChI=1S/C8H13F3.C8H16.C8H18/c1-6(2,3)7(4-5-7)8(9,10)11;1-7(2,3)8(4)5-6-8;1-7(2,3)8(4,5)6/h4-5H2,1-3H3;5-6H2,1-4H3;1-6H3. The van der Waals surface area contributed by atoms with Crippen molar-refractivity contribution in [2.75, 3.05) is 0 Å². The number of hydrogen-bond donors (Lipinski definition) is 0. The minimum Gasteiger partial charge on any atom is -0.170 e. The molecule has 0 radical (unpaired) electrons. The molecule has 0 spiro atoms. The molecule has 0 aliphatic heterocycles. The van der Waals surface area contributed by atoms with Crippen molar-refractivity contribution in [1.29, 1.82) is 0 Å². The molecular formula is C24H47F3. The zero-order valence-corrected chi connectivity index (χ0v) is 20.5. The fourth-order valence-corrected chi connectivity index (χ4v) is 2.52. The first kappa shape index (κ1) is 26.8. The van der Waals surface area contributed by atoms with Crippen molar-refractivity contribution in [1.82, 2.24) is 0 Å². The Kier molecular flexibility index (Phi) is 7.50. The molecule has 0 aromatic rings. The molecule has 2 aliphatic carbocycles. The first-order valence-corrected chi connectivity index (χ1v) is 10.5. The van der Waals surface area contributed by atoms with Crippen LogP contribution < -0.4 is 0 Å². The van der Waals surface area contributed by atoms with Gasteiger partial charge in [0.1, 0.15) is 0 Å². The van der Waals surface area contributed by atoms with Crippen LogP contribution in [-0.4, -0.2) is 6.18 Å². The Morgan fingerprint density at radius 1 is 0.519 bits per heavy atom. The molecule has 0 saturated heterocycles. The Labute approximate surface area is 168 Å². The average molecular weight is 393 g/mol. The molecular weight excluding hydrogens is 345 g/mol. The Morgan fingerprint density at radius 2 is 0.815 bits per heavy atom. The maximum Gasteiger partial charge on any atom is 0.395 e. The molecule has 0 atom stereocenters. The lowest BCUT2D eigenvalue weighted by atomic mass is 9.71. The quantitative estimate of drug-likeness (QED) is 0.385. The van der Waals surface area contributed by atoms with Crippen molar-refractivity contribution in [3.63, 3.8) is 0 Å². The van der Waals surface area contributed by atoms with Gasteiger partial charge in [0, 0.05) is 0 Å². The van der Waals surface area contributed by atoms with E-state index < -0.39 is 17.0 Å². The molecule has 164 valence electrons. The summed E-state index contributed by atoms with van der Waals surface area (Å²) in [5.74, 6) is 0. The van der Waals surface area contributed by atoms with Crippen LogP contribution in [-0.2, 0) is 0 Å². The highest BCUT2D eigenvalue weighted by atomic mass is 19.4. The Morgan fingerprint density at radius 3 is 0.815 bits per heavy atom. The van der Waals surface area contributed by atoms with Crippen molar-refractivity contribution in [3.8, 4) is 0 Å². The minimum atomic E-state index is -4.01. The van der Waals surface area contributed by atoms with Crippen LogP contribution in [0.2, 0.25) is 0 Å². The van der Waals surface area contributed by atoms with Crippen LogP contribution in [0.25, 0.3) is 0 Å². The van der Waals surface area contributed by atoms with Gasteiger partial charge in [-0.15, -0.1) is 0 Å². The predicted molar refractivity (Wildman–Crippen MR) is 113 cm³/mol. The van der Waals surface area contributed by atoms with E-state index in [0.717, 1.165) is 0 Å². The Hall–Kier alpha value is -0.210. The smallest absolute Gasteiger partial charge is 0.170 e. The monoisotopic (exact) mass is 392 g/mol. The number of halogens is 3. The molecule has 0 nitrogen and oxygen atoms in total. The fraction of sp³-hybridized carbons (Fsp3) is 1.00. The molecule has 0 aromatic heterocycles. The van der Waals surface area contributed by atoms with Gasteiger partial charge in [-0.3, -0.25) is 0 Å². The summed E-state index contributed by atoms with van der Waals surface area (Å²) in [5.41, 5.74) is 0.102. The summed E-state index contributed by atoms with van der Waals surface area (Å²) in [6, 6.07) is 0. The lowest BCUT2D eigenvalue weighted by Crippen LogP contribution is -2.36. The van der Waals surface area contributed by atoms with Crippen LogP contribution in [0, 0.1) is 32.5 Å². The van der Waals surface area contributed by atoms with E-state index in [2.05, 4.69) is 69.2 Å². The van der Waals surface area contributed by atoms with Crippen LogP contribution in [0.4, 0.5) is 13.2 Å². The fourth-order valence-electron chi connectivity index (χ4n) is 2.52. The van der Waals surface area contributed by atoms with Gasteiger partial charge in [0.05, 0.1) is 5.41 Å². The highest BCUT2D eigenvalue weighted by Crippen LogP contribution is 2.66. The zero-order chi connectivity index (χ0) is 22.3. The van der Waals surface area contributed by atoms with Gasteiger partial charge in [-0.05, 0) is 52.8 Å². The second kappa shape index (κ2) is 7.56. The maximum atomic E-state index is 12.4. The van der Waals surface area contributed by atoms with Gasteiger partial charge in [0.15, 0.2) is 0 Å². The summed E-state index contributed by atoms with van der Waals surface area (Å²) in [7, 11) is 0. The third kappa shape index (κ3) is 6.96. The van der Waals surface area contributed by atoms with E-state index in [1.807, 2.05) is 0 Å². The van der Waals surface area contributed by atoms with E-state index in [9.17, 15) is 13.2 Å². The van der Waals surface area contributed by atoms with Crippen LogP contribution >= 0.6 is 0 Å². The summed E-state index contributed by atoms with van der Waals surface area (Å²) < 4.78 is 37.2. The van der Waals surface area contributed by atoms with Crippen molar-refractivity contribution in [2.45, 2.75) is 122 Å². The molecule has 2 aliphatic rings. The van der Waals surface area contributed by atoms with Crippen LogP contribution in [0.3, 0.4) is 0 Å². The summed E-state index contributed by atoms with van der Waals surface area (Å²) >= 11 is 0. The van der Waals surface area contributed by atoms with Gasteiger partial charge >= 0.3 is 6.18 Å².